The lowest BCUT2D eigenvalue weighted by molar-refractivity contribution is -0.115. The summed E-state index contributed by atoms with van der Waals surface area (Å²) in [6, 6.07) is 5.29. The molecule has 3 N–H and O–H groups in total. The quantitative estimate of drug-likeness (QED) is 0.751. The first-order valence-corrected chi connectivity index (χ1v) is 8.55. The number of rotatable bonds is 6. The molecule has 1 aromatic carbocycles. The molecule has 0 fully saturated rings. The van der Waals surface area contributed by atoms with Crippen LogP contribution in [0, 0.1) is 5.92 Å². The third-order valence-electron chi connectivity index (χ3n) is 3.22. The minimum absolute atomic E-state index is 0.0630. The summed E-state index contributed by atoms with van der Waals surface area (Å²) in [5.74, 6) is 0.491. The fourth-order valence-electron chi connectivity index (χ4n) is 1.92. The van der Waals surface area contributed by atoms with Crippen LogP contribution in [0.25, 0.3) is 10.2 Å². The van der Waals surface area contributed by atoms with E-state index < -0.39 is 0 Å². The van der Waals surface area contributed by atoms with Crippen LogP contribution in [0.2, 0.25) is 0 Å². The Hall–Kier alpha value is -2.15. The maximum atomic E-state index is 11.8. The van der Waals surface area contributed by atoms with Gasteiger partial charge in [-0.2, -0.15) is 0 Å². The number of fused-ring (bicyclic) bond motifs is 1. The summed E-state index contributed by atoms with van der Waals surface area (Å²) in [4.78, 5) is 27.6. The average molecular weight is 334 g/mol. The Labute approximate surface area is 139 Å². The molecular weight excluding hydrogens is 312 g/mol. The van der Waals surface area contributed by atoms with Crippen LogP contribution in [0.4, 0.5) is 15.6 Å². The topological polar surface area (TPSA) is 83.1 Å². The van der Waals surface area contributed by atoms with E-state index in [1.54, 1.807) is 13.0 Å². The molecule has 0 aliphatic rings. The number of thiazole rings is 1. The summed E-state index contributed by atoms with van der Waals surface area (Å²) >= 11 is 1.41. The molecule has 0 bridgehead atoms. The maximum absolute atomic E-state index is 11.8. The molecule has 0 unspecified atom stereocenters. The first kappa shape index (κ1) is 17.2. The predicted octanol–water partition coefficient (Wildman–Crippen LogP) is 3.81. The molecule has 3 amide bonds. The van der Waals surface area contributed by atoms with Crippen molar-refractivity contribution in [2.75, 3.05) is 17.2 Å². The molecule has 2 rings (SSSR count). The van der Waals surface area contributed by atoms with Gasteiger partial charge in [-0.3, -0.25) is 4.79 Å². The van der Waals surface area contributed by atoms with Gasteiger partial charge in [-0.15, -0.1) is 0 Å². The Balaban J connectivity index is 1.99. The van der Waals surface area contributed by atoms with Gasteiger partial charge in [-0.05, 0) is 30.5 Å². The monoisotopic (exact) mass is 334 g/mol. The molecule has 124 valence electrons. The Morgan fingerprint density at radius 1 is 1.26 bits per heavy atom. The van der Waals surface area contributed by atoms with Gasteiger partial charge in [-0.25, -0.2) is 9.78 Å². The lowest BCUT2D eigenvalue weighted by atomic mass is 10.1. The molecule has 1 heterocycles. The fraction of sp³-hybridized carbons (Fsp3) is 0.438. The molecule has 1 aromatic heterocycles. The standard InChI is InChI=1S/C16H22N4O2S/c1-4-14(21)20-16-19-12-9-11(5-6-13(12)23-16)18-15(22)17-8-7-10(2)3/h5-6,9-10H,4,7-8H2,1-3H3,(H2,17,18,22)(H,19,20,21). The zero-order valence-corrected chi connectivity index (χ0v) is 14.4. The van der Waals surface area contributed by atoms with E-state index in [2.05, 4.69) is 34.8 Å². The Kier molecular flexibility index (Phi) is 5.92. The Bertz CT molecular complexity index is 696. The second-order valence-corrected chi connectivity index (χ2v) is 6.70. The van der Waals surface area contributed by atoms with Crippen LogP contribution >= 0.6 is 11.3 Å². The average Bonchev–Trinajstić information content (AvgIpc) is 2.88. The van der Waals surface area contributed by atoms with Gasteiger partial charge in [0, 0.05) is 18.7 Å². The van der Waals surface area contributed by atoms with Crippen molar-refractivity contribution in [1.29, 1.82) is 0 Å². The Morgan fingerprint density at radius 2 is 2.04 bits per heavy atom. The van der Waals surface area contributed by atoms with Gasteiger partial charge in [0.1, 0.15) is 0 Å². The van der Waals surface area contributed by atoms with Crippen LogP contribution < -0.4 is 16.0 Å². The van der Waals surface area contributed by atoms with Crippen molar-refractivity contribution in [3.8, 4) is 0 Å². The zero-order chi connectivity index (χ0) is 16.8. The molecule has 7 heteroatoms. The fourth-order valence-corrected chi connectivity index (χ4v) is 2.78. The van der Waals surface area contributed by atoms with E-state index in [-0.39, 0.29) is 11.9 Å². The molecule has 0 radical (unpaired) electrons. The van der Waals surface area contributed by atoms with Crippen LogP contribution in [0.5, 0.6) is 0 Å². The van der Waals surface area contributed by atoms with Crippen LogP contribution in [0.1, 0.15) is 33.6 Å². The van der Waals surface area contributed by atoms with E-state index in [1.165, 1.54) is 11.3 Å². The number of urea groups is 1. The van der Waals surface area contributed by atoms with E-state index >= 15 is 0 Å². The zero-order valence-electron chi connectivity index (χ0n) is 13.6. The SMILES string of the molecule is CCC(=O)Nc1nc2cc(NC(=O)NCCC(C)C)ccc2s1. The van der Waals surface area contributed by atoms with Crippen LogP contribution in [0.3, 0.4) is 0 Å². The van der Waals surface area contributed by atoms with Gasteiger partial charge in [-0.1, -0.05) is 32.1 Å². The number of carbonyl (C=O) groups excluding carboxylic acids is 2. The van der Waals surface area contributed by atoms with Crippen molar-refractivity contribution in [3.05, 3.63) is 18.2 Å². The normalized spacial score (nSPS) is 10.8. The van der Waals surface area contributed by atoms with Crippen molar-refractivity contribution in [2.45, 2.75) is 33.6 Å². The molecule has 0 saturated carbocycles. The molecule has 6 nitrogen and oxygen atoms in total. The molecule has 0 atom stereocenters. The summed E-state index contributed by atoms with van der Waals surface area (Å²) in [5.41, 5.74) is 1.43. The molecule has 0 aliphatic heterocycles. The van der Waals surface area contributed by atoms with Crippen molar-refractivity contribution >= 4 is 44.3 Å². The predicted molar refractivity (Wildman–Crippen MR) is 95.0 cm³/mol. The second kappa shape index (κ2) is 7.92. The molecule has 0 spiro atoms. The van der Waals surface area contributed by atoms with Crippen LogP contribution in [0.15, 0.2) is 18.2 Å². The van der Waals surface area contributed by atoms with Gasteiger partial charge in [0.05, 0.1) is 10.2 Å². The number of aromatic nitrogens is 1. The molecular formula is C16H22N4O2S. The number of hydrogen-bond acceptors (Lipinski definition) is 4. The summed E-state index contributed by atoms with van der Waals surface area (Å²) < 4.78 is 0.960. The van der Waals surface area contributed by atoms with Gasteiger partial charge in [0.15, 0.2) is 5.13 Å². The second-order valence-electron chi connectivity index (χ2n) is 5.67. The lowest BCUT2D eigenvalue weighted by Gasteiger charge is -2.08. The van der Waals surface area contributed by atoms with Crippen molar-refractivity contribution in [2.24, 2.45) is 5.92 Å². The highest BCUT2D eigenvalue weighted by Crippen LogP contribution is 2.28. The van der Waals surface area contributed by atoms with Gasteiger partial charge >= 0.3 is 6.03 Å². The number of nitrogens with zero attached hydrogens (tertiary/aromatic N) is 1. The molecule has 0 aliphatic carbocycles. The first-order valence-electron chi connectivity index (χ1n) is 7.73. The van der Waals surface area contributed by atoms with Crippen molar-refractivity contribution in [1.82, 2.24) is 10.3 Å². The summed E-state index contributed by atoms with van der Waals surface area (Å²) in [6.07, 6.45) is 1.36. The molecule has 0 saturated heterocycles. The molecule has 2 aromatic rings. The van der Waals surface area contributed by atoms with Crippen molar-refractivity contribution < 1.29 is 9.59 Å². The maximum Gasteiger partial charge on any atom is 0.319 e. The lowest BCUT2D eigenvalue weighted by Crippen LogP contribution is -2.30. The molecule has 23 heavy (non-hydrogen) atoms. The van der Waals surface area contributed by atoms with E-state index in [0.29, 0.717) is 29.7 Å². The first-order chi connectivity index (χ1) is 11.0. The minimum Gasteiger partial charge on any atom is -0.338 e. The highest BCUT2D eigenvalue weighted by Gasteiger charge is 2.08. The summed E-state index contributed by atoms with van der Waals surface area (Å²) in [5, 5.41) is 8.94. The third kappa shape index (κ3) is 5.21. The van der Waals surface area contributed by atoms with E-state index in [1.807, 2.05) is 12.1 Å². The van der Waals surface area contributed by atoms with Gasteiger partial charge in [0.25, 0.3) is 0 Å². The summed E-state index contributed by atoms with van der Waals surface area (Å²) in [6.45, 7) is 6.67. The van der Waals surface area contributed by atoms with Gasteiger partial charge < -0.3 is 16.0 Å². The van der Waals surface area contributed by atoms with Gasteiger partial charge in [0.2, 0.25) is 5.91 Å². The number of benzene rings is 1. The smallest absolute Gasteiger partial charge is 0.319 e. The van der Waals surface area contributed by atoms with Crippen LogP contribution in [-0.4, -0.2) is 23.5 Å². The largest absolute Gasteiger partial charge is 0.338 e. The number of hydrogen-bond donors (Lipinski definition) is 3. The number of anilines is 2. The summed E-state index contributed by atoms with van der Waals surface area (Å²) in [7, 11) is 0. The minimum atomic E-state index is -0.222. The van der Waals surface area contributed by atoms with Crippen molar-refractivity contribution in [3.63, 3.8) is 0 Å². The third-order valence-corrected chi connectivity index (χ3v) is 4.17. The van der Waals surface area contributed by atoms with E-state index in [0.717, 1.165) is 16.6 Å². The highest BCUT2D eigenvalue weighted by atomic mass is 32.1. The Morgan fingerprint density at radius 3 is 2.74 bits per heavy atom. The number of nitrogens with one attached hydrogen (secondary N) is 3. The number of carbonyl (C=O) groups is 2. The van der Waals surface area contributed by atoms with E-state index in [9.17, 15) is 9.59 Å². The van der Waals surface area contributed by atoms with E-state index in [4.69, 9.17) is 0 Å². The number of amides is 3. The van der Waals surface area contributed by atoms with Crippen LogP contribution in [-0.2, 0) is 4.79 Å². The highest BCUT2D eigenvalue weighted by molar-refractivity contribution is 7.22.